The van der Waals surface area contributed by atoms with Crippen LogP contribution in [0.3, 0.4) is 0 Å². The molecule has 1 fully saturated rings. The van der Waals surface area contributed by atoms with E-state index in [9.17, 15) is 13.2 Å². The zero-order valence-electron chi connectivity index (χ0n) is 14.8. The Kier molecular flexibility index (Phi) is 5.98. The second-order valence-corrected chi connectivity index (χ2v) is 8.58. The first-order valence-corrected chi connectivity index (χ1v) is 10.3. The molecule has 27 heavy (non-hydrogen) atoms. The monoisotopic (exact) mass is 409 g/mol. The Morgan fingerprint density at radius 3 is 2.41 bits per heavy atom. The number of pyridine rings is 1. The number of anilines is 1. The number of ether oxygens (including phenoxy) is 1. The van der Waals surface area contributed by atoms with E-state index in [0.29, 0.717) is 42.5 Å². The lowest BCUT2D eigenvalue weighted by Gasteiger charge is -2.30. The van der Waals surface area contributed by atoms with Crippen molar-refractivity contribution in [1.82, 2.24) is 9.29 Å². The molecule has 0 saturated carbocycles. The molecule has 0 aliphatic carbocycles. The van der Waals surface area contributed by atoms with Crippen molar-refractivity contribution < 1.29 is 17.9 Å². The molecular formula is C18H20ClN3O4S. The van der Waals surface area contributed by atoms with Gasteiger partial charge in [-0.1, -0.05) is 11.6 Å². The summed E-state index contributed by atoms with van der Waals surface area (Å²) < 4.78 is 32.0. The zero-order chi connectivity index (χ0) is 19.4. The summed E-state index contributed by atoms with van der Waals surface area (Å²) >= 11 is 5.78. The number of hydrogen-bond acceptors (Lipinski definition) is 5. The van der Waals surface area contributed by atoms with Crippen molar-refractivity contribution in [2.45, 2.75) is 17.7 Å². The molecule has 1 amide bonds. The first-order valence-electron chi connectivity index (χ1n) is 8.47. The number of aromatic nitrogens is 1. The fourth-order valence-electron chi connectivity index (χ4n) is 2.93. The van der Waals surface area contributed by atoms with E-state index < -0.39 is 10.0 Å². The highest BCUT2D eigenvalue weighted by Crippen LogP contribution is 2.26. The summed E-state index contributed by atoms with van der Waals surface area (Å²) in [7, 11) is -2.05. The smallest absolute Gasteiger partial charge is 0.243 e. The van der Waals surface area contributed by atoms with Gasteiger partial charge in [-0.2, -0.15) is 4.31 Å². The van der Waals surface area contributed by atoms with Crippen LogP contribution in [-0.4, -0.2) is 43.8 Å². The van der Waals surface area contributed by atoms with E-state index in [2.05, 4.69) is 10.3 Å². The van der Waals surface area contributed by atoms with Crippen LogP contribution in [0.1, 0.15) is 12.8 Å². The summed E-state index contributed by atoms with van der Waals surface area (Å²) in [4.78, 5) is 16.6. The number of piperidine rings is 1. The normalized spacial score (nSPS) is 16.1. The SMILES string of the molecule is COc1ccc(S(=O)(=O)N2CCC(C(=O)Nc3ccc(Cl)cn3)CC2)cc1. The molecule has 1 aliphatic heterocycles. The van der Waals surface area contributed by atoms with E-state index in [1.807, 2.05) is 0 Å². The van der Waals surface area contributed by atoms with Crippen LogP contribution in [0, 0.1) is 5.92 Å². The van der Waals surface area contributed by atoms with Crippen LogP contribution < -0.4 is 10.1 Å². The Bertz CT molecular complexity index is 893. The molecule has 2 heterocycles. The van der Waals surface area contributed by atoms with E-state index in [1.165, 1.54) is 29.7 Å². The van der Waals surface area contributed by atoms with Gasteiger partial charge < -0.3 is 10.1 Å². The summed E-state index contributed by atoms with van der Waals surface area (Å²) in [5.41, 5.74) is 0. The fourth-order valence-corrected chi connectivity index (χ4v) is 4.51. The zero-order valence-corrected chi connectivity index (χ0v) is 16.3. The van der Waals surface area contributed by atoms with Crippen molar-refractivity contribution in [3.05, 3.63) is 47.6 Å². The van der Waals surface area contributed by atoms with Gasteiger partial charge >= 0.3 is 0 Å². The third-order valence-electron chi connectivity index (χ3n) is 4.50. The maximum Gasteiger partial charge on any atom is 0.243 e. The lowest BCUT2D eigenvalue weighted by atomic mass is 9.97. The molecule has 1 saturated heterocycles. The van der Waals surface area contributed by atoms with Crippen molar-refractivity contribution in [2.24, 2.45) is 5.92 Å². The van der Waals surface area contributed by atoms with E-state index in [4.69, 9.17) is 16.3 Å². The van der Waals surface area contributed by atoms with Gasteiger partial charge in [0.25, 0.3) is 0 Å². The Balaban J connectivity index is 1.60. The van der Waals surface area contributed by atoms with Gasteiger partial charge in [0.1, 0.15) is 11.6 Å². The third-order valence-corrected chi connectivity index (χ3v) is 6.64. The lowest BCUT2D eigenvalue weighted by molar-refractivity contribution is -0.120. The van der Waals surface area contributed by atoms with E-state index >= 15 is 0 Å². The maximum atomic E-state index is 12.7. The van der Waals surface area contributed by atoms with Crippen LogP contribution in [0.15, 0.2) is 47.5 Å². The number of halogens is 1. The number of nitrogens with one attached hydrogen (secondary N) is 1. The predicted molar refractivity (Wildman–Crippen MR) is 102 cm³/mol. The van der Waals surface area contributed by atoms with Crippen molar-refractivity contribution in [1.29, 1.82) is 0 Å². The number of nitrogens with zero attached hydrogens (tertiary/aromatic N) is 2. The average Bonchev–Trinajstić information content (AvgIpc) is 2.70. The molecule has 1 aromatic carbocycles. The number of methoxy groups -OCH3 is 1. The van der Waals surface area contributed by atoms with Gasteiger partial charge in [-0.15, -0.1) is 0 Å². The summed E-state index contributed by atoms with van der Waals surface area (Å²) in [5.74, 6) is 0.605. The number of rotatable bonds is 5. The highest BCUT2D eigenvalue weighted by molar-refractivity contribution is 7.89. The van der Waals surface area contributed by atoms with Crippen molar-refractivity contribution >= 4 is 33.3 Å². The molecule has 0 unspecified atom stereocenters. The quantitative estimate of drug-likeness (QED) is 0.820. The molecule has 1 N–H and O–H groups in total. The van der Waals surface area contributed by atoms with E-state index in [0.717, 1.165) is 0 Å². The molecule has 9 heteroatoms. The number of benzene rings is 1. The Hall–Kier alpha value is -2.16. The summed E-state index contributed by atoms with van der Waals surface area (Å²) in [6.07, 6.45) is 2.37. The molecule has 7 nitrogen and oxygen atoms in total. The number of carbonyl (C=O) groups is 1. The molecule has 0 spiro atoms. The summed E-state index contributed by atoms with van der Waals surface area (Å²) in [5, 5.41) is 3.24. The summed E-state index contributed by atoms with van der Waals surface area (Å²) in [6, 6.07) is 9.56. The Morgan fingerprint density at radius 2 is 1.85 bits per heavy atom. The number of hydrogen-bond donors (Lipinski definition) is 1. The highest BCUT2D eigenvalue weighted by Gasteiger charge is 2.32. The van der Waals surface area contributed by atoms with E-state index in [-0.39, 0.29) is 16.7 Å². The highest BCUT2D eigenvalue weighted by atomic mass is 35.5. The number of carbonyl (C=O) groups excluding carboxylic acids is 1. The third kappa shape index (κ3) is 4.58. The van der Waals surface area contributed by atoms with Gasteiger partial charge in [0.2, 0.25) is 15.9 Å². The molecular weight excluding hydrogens is 390 g/mol. The van der Waals surface area contributed by atoms with Gasteiger partial charge in [-0.05, 0) is 49.2 Å². The van der Waals surface area contributed by atoms with Crippen LogP contribution in [-0.2, 0) is 14.8 Å². The van der Waals surface area contributed by atoms with Crippen LogP contribution in [0.25, 0.3) is 0 Å². The first-order chi connectivity index (χ1) is 12.9. The Morgan fingerprint density at radius 1 is 1.19 bits per heavy atom. The average molecular weight is 410 g/mol. The molecule has 0 atom stereocenters. The van der Waals surface area contributed by atoms with Crippen LogP contribution in [0.5, 0.6) is 5.75 Å². The van der Waals surface area contributed by atoms with Crippen LogP contribution in [0.2, 0.25) is 5.02 Å². The van der Waals surface area contributed by atoms with Gasteiger partial charge in [0.15, 0.2) is 0 Å². The second kappa shape index (κ2) is 8.24. The molecule has 1 aliphatic rings. The minimum Gasteiger partial charge on any atom is -0.497 e. The van der Waals surface area contributed by atoms with Gasteiger partial charge in [-0.25, -0.2) is 13.4 Å². The van der Waals surface area contributed by atoms with Crippen molar-refractivity contribution in [2.75, 3.05) is 25.5 Å². The minimum absolute atomic E-state index is 0.161. The summed E-state index contributed by atoms with van der Waals surface area (Å²) in [6.45, 7) is 0.584. The van der Waals surface area contributed by atoms with E-state index in [1.54, 1.807) is 24.3 Å². The molecule has 1 aromatic heterocycles. The fraction of sp³-hybridized carbons (Fsp3) is 0.333. The number of amides is 1. The molecule has 2 aromatic rings. The Labute approximate surface area is 163 Å². The van der Waals surface area contributed by atoms with Gasteiger partial charge in [0, 0.05) is 25.2 Å². The molecule has 3 rings (SSSR count). The predicted octanol–water partition coefficient (Wildman–Crippen LogP) is 2.78. The van der Waals surface area contributed by atoms with Gasteiger partial charge in [-0.3, -0.25) is 4.79 Å². The molecule has 0 bridgehead atoms. The van der Waals surface area contributed by atoms with Gasteiger partial charge in [0.05, 0.1) is 17.0 Å². The minimum atomic E-state index is -3.58. The van der Waals surface area contributed by atoms with Crippen molar-refractivity contribution in [3.63, 3.8) is 0 Å². The standard InChI is InChI=1S/C18H20ClN3O4S/c1-26-15-3-5-16(6-4-15)27(24,25)22-10-8-13(9-11-22)18(23)21-17-7-2-14(19)12-20-17/h2-7,12-13H,8-11H2,1H3,(H,20,21,23). The first kappa shape index (κ1) is 19.6. The lowest BCUT2D eigenvalue weighted by Crippen LogP contribution is -2.41. The maximum absolute atomic E-state index is 12.7. The molecule has 0 radical (unpaired) electrons. The molecule has 144 valence electrons. The largest absolute Gasteiger partial charge is 0.497 e. The van der Waals surface area contributed by atoms with Crippen LogP contribution >= 0.6 is 11.6 Å². The topological polar surface area (TPSA) is 88.6 Å². The second-order valence-electron chi connectivity index (χ2n) is 6.20. The van der Waals surface area contributed by atoms with Crippen molar-refractivity contribution in [3.8, 4) is 5.75 Å². The van der Waals surface area contributed by atoms with Crippen LogP contribution in [0.4, 0.5) is 5.82 Å². The number of sulfonamides is 1.